The summed E-state index contributed by atoms with van der Waals surface area (Å²) in [6.45, 7) is 4.36. The van der Waals surface area contributed by atoms with E-state index in [-0.39, 0.29) is 11.7 Å². The molecule has 0 spiro atoms. The molecule has 1 fully saturated rings. The smallest absolute Gasteiger partial charge is 0.406 e. The third-order valence-corrected chi connectivity index (χ3v) is 6.13. The van der Waals surface area contributed by atoms with E-state index in [1.54, 1.807) is 42.3 Å². The second-order valence-electron chi connectivity index (χ2n) is 8.57. The number of ether oxygens (including phenoxy) is 1. The van der Waals surface area contributed by atoms with Gasteiger partial charge in [0.05, 0.1) is 6.20 Å². The van der Waals surface area contributed by atoms with Crippen molar-refractivity contribution in [1.82, 2.24) is 24.3 Å². The number of alkyl halides is 3. The van der Waals surface area contributed by atoms with E-state index in [9.17, 15) is 18.0 Å². The number of anilines is 2. The third-order valence-electron chi connectivity index (χ3n) is 6.13. The number of hydrogen-bond donors (Lipinski definition) is 1. The topological polar surface area (TPSA) is 87.9 Å². The molecule has 192 valence electrons. The van der Waals surface area contributed by atoms with Crippen molar-refractivity contribution in [3.63, 3.8) is 0 Å². The molecule has 3 aromatic heterocycles. The van der Waals surface area contributed by atoms with Crippen LogP contribution in [0.1, 0.15) is 6.92 Å². The number of fused-ring (bicyclic) bond motifs is 1. The maximum Gasteiger partial charge on any atom is 0.573 e. The first kappa shape index (κ1) is 24.3. The van der Waals surface area contributed by atoms with Gasteiger partial charge in [0.15, 0.2) is 5.65 Å². The summed E-state index contributed by atoms with van der Waals surface area (Å²) in [6, 6.07) is 8.76. The number of hydrogen-bond acceptors (Lipinski definition) is 7. The lowest BCUT2D eigenvalue weighted by molar-refractivity contribution is -0.274. The van der Waals surface area contributed by atoms with Gasteiger partial charge in [-0.15, -0.1) is 13.2 Å². The summed E-state index contributed by atoms with van der Waals surface area (Å²) in [7, 11) is 0. The molecule has 4 aromatic rings. The number of pyridine rings is 1. The number of piperazine rings is 1. The average Bonchev–Trinajstić information content (AvgIpc) is 3.26. The monoisotopic (exact) mass is 511 g/mol. The highest BCUT2D eigenvalue weighted by molar-refractivity contribution is 5.86. The van der Waals surface area contributed by atoms with Gasteiger partial charge in [0.25, 0.3) is 0 Å². The fraction of sp³-hybridized carbons (Fsp3) is 0.280. The molecule has 1 aliphatic rings. The summed E-state index contributed by atoms with van der Waals surface area (Å²) >= 11 is 0. The highest BCUT2D eigenvalue weighted by Crippen LogP contribution is 2.32. The Balaban J connectivity index is 1.33. The summed E-state index contributed by atoms with van der Waals surface area (Å²) in [5, 5.41) is 3.27. The molecule has 9 nitrogen and oxygen atoms in total. The molecule has 37 heavy (non-hydrogen) atoms. The minimum absolute atomic E-state index is 0.0572. The lowest BCUT2D eigenvalue weighted by atomic mass is 10.1. The minimum Gasteiger partial charge on any atom is -0.406 e. The van der Waals surface area contributed by atoms with Crippen LogP contribution in [-0.4, -0.2) is 68.7 Å². The first-order valence-corrected chi connectivity index (χ1v) is 11.7. The molecule has 5 rings (SSSR count). The van der Waals surface area contributed by atoms with Crippen molar-refractivity contribution < 1.29 is 22.7 Å². The number of imidazole rings is 1. The van der Waals surface area contributed by atoms with Gasteiger partial charge in [-0.05, 0) is 43.3 Å². The first-order valence-electron chi connectivity index (χ1n) is 11.7. The summed E-state index contributed by atoms with van der Waals surface area (Å²) < 4.78 is 43.4. The van der Waals surface area contributed by atoms with Crippen LogP contribution in [-0.2, 0) is 4.79 Å². The lowest BCUT2D eigenvalue weighted by Gasteiger charge is -2.37. The molecule has 1 aromatic carbocycles. The van der Waals surface area contributed by atoms with Crippen LogP contribution in [0.25, 0.3) is 16.9 Å². The van der Waals surface area contributed by atoms with Gasteiger partial charge in [-0.3, -0.25) is 19.2 Å². The van der Waals surface area contributed by atoms with E-state index in [0.29, 0.717) is 48.9 Å². The average molecular weight is 512 g/mol. The lowest BCUT2D eigenvalue weighted by Crippen LogP contribution is -2.52. The number of carbonyl (C=O) groups is 1. The number of carbonyl (C=O) groups excluding carboxylic acids is 1. The Hall–Kier alpha value is -4.35. The van der Waals surface area contributed by atoms with Crippen molar-refractivity contribution in [3.8, 4) is 17.0 Å². The van der Waals surface area contributed by atoms with Gasteiger partial charge in [0.2, 0.25) is 5.91 Å². The van der Waals surface area contributed by atoms with Crippen LogP contribution in [0.5, 0.6) is 5.75 Å². The number of rotatable bonds is 6. The van der Waals surface area contributed by atoms with Crippen LogP contribution in [0.15, 0.2) is 67.4 Å². The maximum absolute atomic E-state index is 13.3. The fourth-order valence-corrected chi connectivity index (χ4v) is 4.34. The molecule has 0 radical (unpaired) electrons. The fourth-order valence-electron chi connectivity index (χ4n) is 4.34. The van der Waals surface area contributed by atoms with Crippen LogP contribution in [0, 0.1) is 0 Å². The molecule has 4 heterocycles. The Kier molecular flexibility index (Phi) is 6.55. The SMILES string of the molecule is CC(Nc1c(-c2ccc(OC(F)(F)F)cc2)nc2cnccn12)C(=O)N1CCN(c2ccncc2)CC1. The number of amides is 1. The van der Waals surface area contributed by atoms with E-state index < -0.39 is 12.4 Å². The number of nitrogens with one attached hydrogen (secondary N) is 1. The molecule has 12 heteroatoms. The number of nitrogens with zero attached hydrogens (tertiary/aromatic N) is 6. The van der Waals surface area contributed by atoms with Gasteiger partial charge in [-0.2, -0.15) is 0 Å². The van der Waals surface area contributed by atoms with E-state index >= 15 is 0 Å². The molecule has 1 N–H and O–H groups in total. The van der Waals surface area contributed by atoms with Crippen molar-refractivity contribution in [1.29, 1.82) is 0 Å². The van der Waals surface area contributed by atoms with Crippen LogP contribution in [0.2, 0.25) is 0 Å². The van der Waals surface area contributed by atoms with Gasteiger partial charge in [-0.1, -0.05) is 0 Å². The summed E-state index contributed by atoms with van der Waals surface area (Å²) in [6.07, 6.45) is 3.59. The summed E-state index contributed by atoms with van der Waals surface area (Å²) in [4.78, 5) is 30.1. The standard InChI is InChI=1S/C25H24F3N7O2/c1-17(24(36)34-14-12-33(13-15-34)19-6-8-29-9-7-19)31-23-22(32-21-16-30-10-11-35(21)23)18-2-4-20(5-3-18)37-25(26,27)28/h2-11,16-17,31H,12-15H2,1H3. The molecule has 1 aliphatic heterocycles. The Labute approximate surface area is 210 Å². The van der Waals surface area contributed by atoms with E-state index in [0.717, 1.165) is 5.69 Å². The Morgan fingerprint density at radius 3 is 2.38 bits per heavy atom. The molecule has 1 atom stereocenters. The molecule has 1 unspecified atom stereocenters. The maximum atomic E-state index is 13.3. The zero-order valence-corrected chi connectivity index (χ0v) is 19.9. The Morgan fingerprint density at radius 2 is 1.70 bits per heavy atom. The van der Waals surface area contributed by atoms with Crippen LogP contribution in [0.4, 0.5) is 24.7 Å². The molecule has 1 saturated heterocycles. The normalized spacial score (nSPS) is 15.0. The van der Waals surface area contributed by atoms with Crippen molar-refractivity contribution in [2.24, 2.45) is 0 Å². The minimum atomic E-state index is -4.78. The molecule has 1 amide bonds. The van der Waals surface area contributed by atoms with Crippen LogP contribution < -0.4 is 15.0 Å². The van der Waals surface area contributed by atoms with Crippen LogP contribution in [0.3, 0.4) is 0 Å². The summed E-state index contributed by atoms with van der Waals surface area (Å²) in [5.74, 6) is 0.155. The van der Waals surface area contributed by atoms with Crippen molar-refractivity contribution in [2.45, 2.75) is 19.3 Å². The third kappa shape index (κ3) is 5.42. The van der Waals surface area contributed by atoms with E-state index in [4.69, 9.17) is 0 Å². The zero-order valence-electron chi connectivity index (χ0n) is 19.9. The quantitative estimate of drug-likeness (QED) is 0.421. The number of aromatic nitrogens is 4. The number of benzene rings is 1. The molecular weight excluding hydrogens is 487 g/mol. The predicted octanol–water partition coefficient (Wildman–Crippen LogP) is 3.84. The largest absolute Gasteiger partial charge is 0.573 e. The van der Waals surface area contributed by atoms with E-state index in [1.165, 1.54) is 24.3 Å². The van der Waals surface area contributed by atoms with Gasteiger partial charge >= 0.3 is 6.36 Å². The van der Waals surface area contributed by atoms with Gasteiger partial charge in [0, 0.05) is 62.2 Å². The van der Waals surface area contributed by atoms with Crippen molar-refractivity contribution in [2.75, 3.05) is 36.4 Å². The van der Waals surface area contributed by atoms with Crippen molar-refractivity contribution in [3.05, 3.63) is 67.4 Å². The molecule has 0 bridgehead atoms. The molecule has 0 aliphatic carbocycles. The Morgan fingerprint density at radius 1 is 1.00 bits per heavy atom. The molecular formula is C25H24F3N7O2. The van der Waals surface area contributed by atoms with Crippen LogP contribution >= 0.6 is 0 Å². The predicted molar refractivity (Wildman–Crippen MR) is 131 cm³/mol. The van der Waals surface area contributed by atoms with Gasteiger partial charge in [0.1, 0.15) is 23.3 Å². The second-order valence-corrected chi connectivity index (χ2v) is 8.57. The van der Waals surface area contributed by atoms with Gasteiger partial charge < -0.3 is 19.9 Å². The Bertz CT molecular complexity index is 1370. The first-order chi connectivity index (χ1) is 17.8. The van der Waals surface area contributed by atoms with Crippen molar-refractivity contribution >= 4 is 23.1 Å². The zero-order chi connectivity index (χ0) is 26.0. The van der Waals surface area contributed by atoms with Gasteiger partial charge in [-0.25, -0.2) is 4.98 Å². The van der Waals surface area contributed by atoms with E-state index in [2.05, 4.69) is 29.9 Å². The summed E-state index contributed by atoms with van der Waals surface area (Å²) in [5.41, 5.74) is 2.64. The highest BCUT2D eigenvalue weighted by Gasteiger charge is 2.31. The molecule has 0 saturated carbocycles. The highest BCUT2D eigenvalue weighted by atomic mass is 19.4. The second kappa shape index (κ2) is 9.96. The van der Waals surface area contributed by atoms with E-state index in [1.807, 2.05) is 17.0 Å². The number of halogens is 3.